The summed E-state index contributed by atoms with van der Waals surface area (Å²) in [5.74, 6) is -0.401. The molecular formula is C44H41ClN12O4. The number of halogens is 1. The van der Waals surface area contributed by atoms with Gasteiger partial charge in [0.15, 0.2) is 5.82 Å². The van der Waals surface area contributed by atoms with Crippen molar-refractivity contribution in [3.63, 3.8) is 0 Å². The van der Waals surface area contributed by atoms with Crippen LogP contribution in [-0.4, -0.2) is 86.4 Å². The minimum absolute atomic E-state index is 0.0675. The van der Waals surface area contributed by atoms with E-state index in [-0.39, 0.29) is 29.5 Å². The Morgan fingerprint density at radius 1 is 0.852 bits per heavy atom. The Balaban J connectivity index is 0.731. The Hall–Kier alpha value is -6.81. The number of hydrogen-bond acceptors (Lipinski definition) is 11. The minimum atomic E-state index is -1.01. The summed E-state index contributed by atoms with van der Waals surface area (Å²) >= 11 is 6.28. The molecule has 0 bridgehead atoms. The van der Waals surface area contributed by atoms with E-state index in [4.69, 9.17) is 21.7 Å². The molecule has 4 aliphatic rings. The number of hydrogen-bond donors (Lipinski definition) is 2. The average Bonchev–Trinajstić information content (AvgIpc) is 3.54. The Morgan fingerprint density at radius 3 is 2.46 bits per heavy atom. The molecule has 0 radical (unpaired) electrons. The van der Waals surface area contributed by atoms with E-state index < -0.39 is 29.7 Å². The van der Waals surface area contributed by atoms with Crippen molar-refractivity contribution in [3.8, 4) is 16.8 Å². The number of aliphatic imine (C=N–C) groups is 1. The van der Waals surface area contributed by atoms with Crippen LogP contribution in [0.25, 0.3) is 16.8 Å². The summed E-state index contributed by atoms with van der Waals surface area (Å²) in [6.45, 7) is 3.95. The summed E-state index contributed by atoms with van der Waals surface area (Å²) in [6, 6.07) is 18.3. The number of unbranched alkanes of at least 4 members (excludes halogenated alkanes) is 2. The smallest absolute Gasteiger partial charge is 0.264 e. The summed E-state index contributed by atoms with van der Waals surface area (Å²) in [5.41, 5.74) is 7.42. The third-order valence-electron chi connectivity index (χ3n) is 11.9. The van der Waals surface area contributed by atoms with Crippen LogP contribution >= 0.6 is 11.6 Å². The number of piperidine rings is 1. The highest BCUT2D eigenvalue weighted by Gasteiger charge is 2.51. The monoisotopic (exact) mass is 836 g/mol. The Morgan fingerprint density at radius 2 is 1.66 bits per heavy atom. The van der Waals surface area contributed by atoms with Crippen LogP contribution in [0.4, 0.5) is 5.69 Å². The van der Waals surface area contributed by atoms with Gasteiger partial charge >= 0.3 is 0 Å². The van der Waals surface area contributed by atoms with Crippen molar-refractivity contribution in [2.24, 2.45) is 4.99 Å². The molecule has 1 atom stereocenters. The van der Waals surface area contributed by atoms with Gasteiger partial charge in [-0.15, -0.1) is 15.3 Å². The lowest BCUT2D eigenvalue weighted by Crippen LogP contribution is -2.54. The van der Waals surface area contributed by atoms with Gasteiger partial charge in [-0.1, -0.05) is 41.1 Å². The quantitative estimate of drug-likeness (QED) is 0.112. The van der Waals surface area contributed by atoms with Crippen LogP contribution in [0.3, 0.4) is 0 Å². The second kappa shape index (κ2) is 15.3. The van der Waals surface area contributed by atoms with E-state index in [9.17, 15) is 19.2 Å². The fraction of sp³-hybridized carbons (Fsp3) is 0.318. The number of nitrogens with one attached hydrogen (secondary N) is 2. The molecule has 4 amide bonds. The summed E-state index contributed by atoms with van der Waals surface area (Å²) in [4.78, 5) is 57.0. The number of rotatable bonds is 13. The number of anilines is 1. The van der Waals surface area contributed by atoms with E-state index in [0.717, 1.165) is 101 Å². The van der Waals surface area contributed by atoms with Crippen molar-refractivity contribution >= 4 is 46.6 Å². The summed E-state index contributed by atoms with van der Waals surface area (Å²) < 4.78 is 6.00. The first-order chi connectivity index (χ1) is 29.7. The number of nitrogens with zero attached hydrogens (tertiary/aromatic N) is 10. The second-order valence-electron chi connectivity index (χ2n) is 16.0. The molecule has 3 aliphatic heterocycles. The van der Waals surface area contributed by atoms with Crippen LogP contribution < -0.4 is 10.6 Å². The zero-order valence-electron chi connectivity index (χ0n) is 33.3. The maximum absolute atomic E-state index is 13.4. The molecular weight excluding hydrogens is 796 g/mol. The molecule has 3 aromatic carbocycles. The van der Waals surface area contributed by atoms with Gasteiger partial charge in [-0.05, 0) is 87.4 Å². The minimum Gasteiger partial charge on any atom is -0.384 e. The number of fused-ring (bicyclic) bond motifs is 5. The number of carbonyl (C=O) groups excluding carboxylic acids is 4. The van der Waals surface area contributed by atoms with Crippen LogP contribution in [0.1, 0.15) is 94.1 Å². The van der Waals surface area contributed by atoms with Crippen LogP contribution in [0.5, 0.6) is 0 Å². The third kappa shape index (κ3) is 7.09. The lowest BCUT2D eigenvalue weighted by molar-refractivity contribution is -0.136. The SMILES string of the molecule is Cc1nnc2n1-c1ccc(-c3cnn(CCCCCn4cc(CCNc5cccc6c5C(=O)N(C5CCC(=O)NC5=O)C6=O)nn4)c3)cc1C(c1ccc(Cl)cc1)=NC21CC1. The summed E-state index contributed by atoms with van der Waals surface area (Å²) in [6.07, 6.45) is 11.4. The molecule has 16 nitrogen and oxygen atoms in total. The van der Waals surface area contributed by atoms with Gasteiger partial charge in [-0.2, -0.15) is 5.10 Å². The molecule has 10 rings (SSSR count). The van der Waals surface area contributed by atoms with Crippen LogP contribution in [0.2, 0.25) is 5.02 Å². The van der Waals surface area contributed by atoms with Gasteiger partial charge in [-0.3, -0.25) is 48.3 Å². The molecule has 6 heterocycles. The van der Waals surface area contributed by atoms with Crippen LogP contribution in [0, 0.1) is 6.92 Å². The fourth-order valence-electron chi connectivity index (χ4n) is 8.57. The van der Waals surface area contributed by atoms with Crippen molar-refractivity contribution in [1.82, 2.24) is 49.8 Å². The zero-order valence-corrected chi connectivity index (χ0v) is 34.1. The van der Waals surface area contributed by atoms with Crippen molar-refractivity contribution in [2.75, 3.05) is 11.9 Å². The Labute approximate surface area is 355 Å². The number of amides is 4. The number of benzene rings is 3. The number of aromatic nitrogens is 8. The first-order valence-electron chi connectivity index (χ1n) is 20.6. The molecule has 1 saturated carbocycles. The summed E-state index contributed by atoms with van der Waals surface area (Å²) in [7, 11) is 0. The molecule has 2 fully saturated rings. The third-order valence-corrected chi connectivity index (χ3v) is 12.1. The van der Waals surface area contributed by atoms with Crippen LogP contribution in [0.15, 0.2) is 84.2 Å². The lowest BCUT2D eigenvalue weighted by atomic mass is 9.96. The molecule has 1 saturated heterocycles. The molecule has 3 aromatic heterocycles. The van der Waals surface area contributed by atoms with E-state index in [1.54, 1.807) is 18.2 Å². The van der Waals surface area contributed by atoms with E-state index >= 15 is 0 Å². The molecule has 1 aliphatic carbocycles. The topological polar surface area (TPSA) is 187 Å². The molecule has 2 N–H and O–H groups in total. The van der Waals surface area contributed by atoms with Gasteiger partial charge in [0.05, 0.1) is 34.4 Å². The van der Waals surface area contributed by atoms with E-state index in [1.807, 2.05) is 52.9 Å². The molecule has 308 valence electrons. The molecule has 17 heteroatoms. The second-order valence-corrected chi connectivity index (χ2v) is 16.5. The van der Waals surface area contributed by atoms with Gasteiger partial charge in [0, 0.05) is 72.3 Å². The predicted molar refractivity (Wildman–Crippen MR) is 225 cm³/mol. The first kappa shape index (κ1) is 38.4. The highest BCUT2D eigenvalue weighted by molar-refractivity contribution is 6.30. The molecule has 6 aromatic rings. The van der Waals surface area contributed by atoms with Crippen LogP contribution in [-0.2, 0) is 34.6 Å². The maximum Gasteiger partial charge on any atom is 0.264 e. The molecule has 1 spiro atoms. The normalized spacial score (nSPS) is 17.5. The number of imide groups is 2. The van der Waals surface area contributed by atoms with Crippen molar-refractivity contribution in [3.05, 3.63) is 124 Å². The predicted octanol–water partition coefficient (Wildman–Crippen LogP) is 5.45. The number of carbonyl (C=O) groups is 4. The van der Waals surface area contributed by atoms with Crippen molar-refractivity contribution in [2.45, 2.75) is 83.0 Å². The standard InChI is InChI=1S/C44H41ClN12O4/c1-26-50-52-43-44(17-18-44)49-39(27-8-11-30(45)12-9-27)33-22-28(10-13-35(33)56(26)43)29-23-47-54(24-29)20-3-2-4-21-55-25-31(51-53-55)16-19-46-34-7-5-6-32-38(34)42(61)57(41(32)60)36-14-15-37(58)48-40(36)59/h5-13,22-25,36,46H,2-4,14-21H2,1H3,(H,48,58,59). The largest absolute Gasteiger partial charge is 0.384 e. The van der Waals surface area contributed by atoms with Gasteiger partial charge < -0.3 is 5.32 Å². The molecule has 61 heavy (non-hydrogen) atoms. The van der Waals surface area contributed by atoms with Crippen molar-refractivity contribution in [1.29, 1.82) is 0 Å². The highest BCUT2D eigenvalue weighted by Crippen LogP contribution is 2.52. The Kier molecular flexibility index (Phi) is 9.65. The summed E-state index contributed by atoms with van der Waals surface area (Å²) in [5, 5.41) is 28.6. The van der Waals surface area contributed by atoms with Gasteiger partial charge in [0.1, 0.15) is 17.4 Å². The van der Waals surface area contributed by atoms with Crippen molar-refractivity contribution < 1.29 is 19.2 Å². The highest BCUT2D eigenvalue weighted by atomic mass is 35.5. The van der Waals surface area contributed by atoms with Gasteiger partial charge in [0.2, 0.25) is 11.8 Å². The van der Waals surface area contributed by atoms with Gasteiger partial charge in [-0.25, -0.2) is 0 Å². The first-order valence-corrected chi connectivity index (χ1v) is 21.0. The number of aryl methyl sites for hydroxylation is 3. The zero-order chi connectivity index (χ0) is 41.8. The fourth-order valence-corrected chi connectivity index (χ4v) is 8.69. The molecule has 1 unspecified atom stereocenters. The van der Waals surface area contributed by atoms with Gasteiger partial charge in [0.25, 0.3) is 11.8 Å². The van der Waals surface area contributed by atoms with E-state index in [1.165, 1.54) is 0 Å². The van der Waals surface area contributed by atoms with E-state index in [0.29, 0.717) is 23.7 Å². The van der Waals surface area contributed by atoms with E-state index in [2.05, 4.69) is 60.1 Å². The Bertz CT molecular complexity index is 2780. The lowest BCUT2D eigenvalue weighted by Gasteiger charge is -2.27. The average molecular weight is 837 g/mol. The maximum atomic E-state index is 13.4.